The van der Waals surface area contributed by atoms with E-state index in [0.717, 1.165) is 54.0 Å². The fraction of sp³-hybridized carbons (Fsp3) is 0.364. The first-order valence-corrected chi connectivity index (χ1v) is 11.1. The van der Waals surface area contributed by atoms with Gasteiger partial charge in [-0.25, -0.2) is 9.97 Å². The van der Waals surface area contributed by atoms with Gasteiger partial charge >= 0.3 is 0 Å². The largest absolute Gasteiger partial charge is 0.353 e. The molecule has 4 heterocycles. The smallest absolute Gasteiger partial charge is 0.234 e. The van der Waals surface area contributed by atoms with Crippen LogP contribution in [0.2, 0.25) is 0 Å². The van der Waals surface area contributed by atoms with Crippen LogP contribution in [0.5, 0.6) is 0 Å². The van der Waals surface area contributed by atoms with E-state index in [0.29, 0.717) is 6.54 Å². The van der Waals surface area contributed by atoms with Crippen LogP contribution in [0.3, 0.4) is 0 Å². The number of nitrogens with one attached hydrogen (secondary N) is 1. The summed E-state index contributed by atoms with van der Waals surface area (Å²) in [5, 5.41) is 5.01. The van der Waals surface area contributed by atoms with Crippen molar-refractivity contribution in [3.05, 3.63) is 48.1 Å². The Hall–Kier alpha value is -2.84. The minimum Gasteiger partial charge on any atom is -0.353 e. The Morgan fingerprint density at radius 3 is 2.63 bits per heavy atom. The Kier molecular flexibility index (Phi) is 6.35. The Morgan fingerprint density at radius 2 is 1.97 bits per heavy atom. The lowest BCUT2D eigenvalue weighted by molar-refractivity contribution is -0.122. The fourth-order valence-electron chi connectivity index (χ4n) is 3.51. The zero-order valence-corrected chi connectivity index (χ0v) is 18.1. The summed E-state index contributed by atoms with van der Waals surface area (Å²) in [5.41, 5.74) is 2.71. The molecule has 0 spiro atoms. The molecule has 7 nitrogen and oxygen atoms in total. The van der Waals surface area contributed by atoms with Crippen LogP contribution >= 0.6 is 11.3 Å². The molecule has 1 aliphatic heterocycles. The molecule has 0 aliphatic carbocycles. The first kappa shape index (κ1) is 20.4. The van der Waals surface area contributed by atoms with Gasteiger partial charge in [-0.05, 0) is 37.4 Å². The van der Waals surface area contributed by atoms with Gasteiger partial charge in [0.1, 0.15) is 0 Å². The molecule has 1 amide bonds. The van der Waals surface area contributed by atoms with Crippen LogP contribution in [0.4, 0.5) is 5.95 Å². The molecule has 0 saturated carbocycles. The second-order valence-corrected chi connectivity index (χ2v) is 8.56. The van der Waals surface area contributed by atoms with E-state index in [4.69, 9.17) is 4.98 Å². The molecule has 3 aromatic heterocycles. The third-order valence-electron chi connectivity index (χ3n) is 4.94. The highest BCUT2D eigenvalue weighted by atomic mass is 32.1. The SMILES string of the molecule is CC(C)NC(=O)CN1CCN(c2ncc(-c3ccccn3)c(-c3cccs3)n2)CC1. The lowest BCUT2D eigenvalue weighted by atomic mass is 10.1. The highest BCUT2D eigenvalue weighted by molar-refractivity contribution is 7.13. The quantitative estimate of drug-likeness (QED) is 0.658. The summed E-state index contributed by atoms with van der Waals surface area (Å²) in [4.78, 5) is 31.6. The minimum atomic E-state index is 0.0781. The molecule has 1 saturated heterocycles. The van der Waals surface area contributed by atoms with Gasteiger partial charge in [0, 0.05) is 50.2 Å². The average molecular weight is 423 g/mol. The van der Waals surface area contributed by atoms with E-state index in [1.54, 1.807) is 17.5 Å². The van der Waals surface area contributed by atoms with Crippen LogP contribution in [0, 0.1) is 0 Å². The summed E-state index contributed by atoms with van der Waals surface area (Å²) in [6, 6.07) is 10.1. The van der Waals surface area contributed by atoms with Crippen molar-refractivity contribution in [2.24, 2.45) is 0 Å². The van der Waals surface area contributed by atoms with Crippen LogP contribution in [0.15, 0.2) is 48.1 Å². The molecule has 0 atom stereocenters. The number of carbonyl (C=O) groups is 1. The fourth-order valence-corrected chi connectivity index (χ4v) is 4.24. The summed E-state index contributed by atoms with van der Waals surface area (Å²) in [7, 11) is 0. The number of nitrogens with zero attached hydrogens (tertiary/aromatic N) is 5. The Morgan fingerprint density at radius 1 is 1.13 bits per heavy atom. The third-order valence-corrected chi connectivity index (χ3v) is 5.82. The van der Waals surface area contributed by atoms with Gasteiger partial charge in [0.25, 0.3) is 0 Å². The van der Waals surface area contributed by atoms with Crippen molar-refractivity contribution in [1.29, 1.82) is 0 Å². The van der Waals surface area contributed by atoms with Gasteiger partial charge in [0.15, 0.2) is 0 Å². The van der Waals surface area contributed by atoms with E-state index in [9.17, 15) is 4.79 Å². The third kappa shape index (κ3) is 4.83. The standard InChI is InChI=1S/C22H26N6OS/c1-16(2)25-20(29)15-27-9-11-28(12-10-27)22-24-14-17(18-6-3-4-8-23-18)21(26-22)19-7-5-13-30-19/h3-8,13-14,16H,9-12,15H2,1-2H3,(H,25,29). The lowest BCUT2D eigenvalue weighted by Gasteiger charge is -2.34. The summed E-state index contributed by atoms with van der Waals surface area (Å²) in [6.07, 6.45) is 3.66. The molecule has 4 rings (SSSR count). The number of carbonyl (C=O) groups excluding carboxylic acids is 1. The molecule has 3 aromatic rings. The first-order chi connectivity index (χ1) is 14.6. The molecule has 0 radical (unpaired) electrons. The van der Waals surface area contributed by atoms with Gasteiger partial charge in [-0.15, -0.1) is 11.3 Å². The molecule has 0 bridgehead atoms. The Balaban J connectivity index is 1.51. The number of hydrogen-bond donors (Lipinski definition) is 1. The van der Waals surface area contributed by atoms with Crippen LogP contribution in [-0.2, 0) is 4.79 Å². The number of piperazine rings is 1. The molecule has 1 aliphatic rings. The maximum absolute atomic E-state index is 12.0. The van der Waals surface area contributed by atoms with Crippen molar-refractivity contribution in [3.8, 4) is 21.8 Å². The van der Waals surface area contributed by atoms with Crippen LogP contribution < -0.4 is 10.2 Å². The van der Waals surface area contributed by atoms with Crippen molar-refractivity contribution in [2.75, 3.05) is 37.6 Å². The van der Waals surface area contributed by atoms with Gasteiger partial charge in [-0.3, -0.25) is 14.7 Å². The van der Waals surface area contributed by atoms with Crippen LogP contribution in [0.25, 0.3) is 21.8 Å². The molecule has 1 fully saturated rings. The molecule has 156 valence electrons. The number of thiophene rings is 1. The van der Waals surface area contributed by atoms with Crippen molar-refractivity contribution in [1.82, 2.24) is 25.2 Å². The van der Waals surface area contributed by atoms with E-state index >= 15 is 0 Å². The van der Waals surface area contributed by atoms with Crippen molar-refractivity contribution >= 4 is 23.2 Å². The number of pyridine rings is 1. The molecule has 1 N–H and O–H groups in total. The zero-order valence-electron chi connectivity index (χ0n) is 17.3. The number of rotatable bonds is 6. The van der Waals surface area contributed by atoms with Crippen molar-refractivity contribution in [3.63, 3.8) is 0 Å². The van der Waals surface area contributed by atoms with Gasteiger partial charge < -0.3 is 10.2 Å². The molecule has 8 heteroatoms. The molecule has 30 heavy (non-hydrogen) atoms. The second kappa shape index (κ2) is 9.32. The maximum Gasteiger partial charge on any atom is 0.234 e. The second-order valence-electron chi connectivity index (χ2n) is 7.61. The topological polar surface area (TPSA) is 74.2 Å². The monoisotopic (exact) mass is 422 g/mol. The van der Waals surface area contributed by atoms with Crippen molar-refractivity contribution < 1.29 is 4.79 Å². The Bertz CT molecular complexity index is 969. The molecule has 0 unspecified atom stereocenters. The summed E-state index contributed by atoms with van der Waals surface area (Å²) in [5.74, 6) is 0.804. The highest BCUT2D eigenvalue weighted by Gasteiger charge is 2.22. The summed E-state index contributed by atoms with van der Waals surface area (Å²) >= 11 is 1.66. The van der Waals surface area contributed by atoms with Gasteiger partial charge in [0.2, 0.25) is 11.9 Å². The number of hydrogen-bond acceptors (Lipinski definition) is 7. The predicted molar refractivity (Wildman–Crippen MR) is 121 cm³/mol. The van der Waals surface area contributed by atoms with E-state index in [-0.39, 0.29) is 11.9 Å². The summed E-state index contributed by atoms with van der Waals surface area (Å²) in [6.45, 7) is 7.60. The molecular formula is C22H26N6OS. The lowest BCUT2D eigenvalue weighted by Crippen LogP contribution is -2.50. The average Bonchev–Trinajstić information content (AvgIpc) is 3.29. The number of amides is 1. The predicted octanol–water partition coefficient (Wildman–Crippen LogP) is 2.91. The molecule has 0 aromatic carbocycles. The van der Waals surface area contributed by atoms with E-state index in [1.807, 2.05) is 44.3 Å². The van der Waals surface area contributed by atoms with Crippen molar-refractivity contribution in [2.45, 2.75) is 19.9 Å². The van der Waals surface area contributed by atoms with E-state index < -0.39 is 0 Å². The van der Waals surface area contributed by atoms with Crippen LogP contribution in [-0.4, -0.2) is 64.5 Å². The van der Waals surface area contributed by atoms with Crippen LogP contribution in [0.1, 0.15) is 13.8 Å². The number of anilines is 1. The molecular weight excluding hydrogens is 396 g/mol. The number of aromatic nitrogens is 3. The first-order valence-electron chi connectivity index (χ1n) is 10.2. The van der Waals surface area contributed by atoms with Gasteiger partial charge in [-0.1, -0.05) is 12.1 Å². The van der Waals surface area contributed by atoms with E-state index in [1.165, 1.54) is 0 Å². The van der Waals surface area contributed by atoms with Gasteiger partial charge in [0.05, 0.1) is 22.8 Å². The minimum absolute atomic E-state index is 0.0781. The van der Waals surface area contributed by atoms with E-state index in [2.05, 4.69) is 36.5 Å². The highest BCUT2D eigenvalue weighted by Crippen LogP contribution is 2.33. The van der Waals surface area contributed by atoms with Gasteiger partial charge in [-0.2, -0.15) is 0 Å². The normalized spacial score (nSPS) is 14.8. The zero-order chi connectivity index (χ0) is 20.9. The maximum atomic E-state index is 12.0. The Labute approximate surface area is 180 Å². The summed E-state index contributed by atoms with van der Waals surface area (Å²) < 4.78 is 0.